The van der Waals surface area contributed by atoms with Crippen molar-refractivity contribution >= 4 is 40.8 Å². The van der Waals surface area contributed by atoms with E-state index in [0.29, 0.717) is 36.8 Å². The zero-order chi connectivity index (χ0) is 38.7. The van der Waals surface area contributed by atoms with E-state index in [1.165, 1.54) is 32.4 Å². The molecular formula is C34H51ClN6O10. The van der Waals surface area contributed by atoms with Gasteiger partial charge in [-0.25, -0.2) is 9.59 Å². The molecule has 0 unspecified atom stereocenters. The smallest absolute Gasteiger partial charge is 0.410 e. The lowest BCUT2D eigenvalue weighted by molar-refractivity contribution is -0.385. The Morgan fingerprint density at radius 3 is 1.53 bits per heavy atom. The first kappa shape index (κ1) is 42.6. The van der Waals surface area contributed by atoms with Crippen molar-refractivity contribution < 1.29 is 38.4 Å². The molecule has 0 atom stereocenters. The van der Waals surface area contributed by atoms with Gasteiger partial charge in [0.2, 0.25) is 0 Å². The van der Waals surface area contributed by atoms with E-state index in [4.69, 9.17) is 30.5 Å². The van der Waals surface area contributed by atoms with E-state index in [1.807, 2.05) is 48.5 Å². The molecule has 4 rings (SSSR count). The van der Waals surface area contributed by atoms with Gasteiger partial charge < -0.3 is 39.0 Å². The highest BCUT2D eigenvalue weighted by Gasteiger charge is 2.28. The lowest BCUT2D eigenvalue weighted by Crippen LogP contribution is -2.50. The number of methoxy groups -OCH3 is 2. The van der Waals surface area contributed by atoms with E-state index in [0.717, 1.165) is 37.4 Å². The quantitative estimate of drug-likeness (QED) is 0.265. The minimum absolute atomic E-state index is 0.0452. The van der Waals surface area contributed by atoms with Gasteiger partial charge in [0, 0.05) is 87.3 Å². The summed E-state index contributed by atoms with van der Waals surface area (Å²) in [5, 5.41) is 25.3. The Hall–Kier alpha value is -4.57. The maximum Gasteiger partial charge on any atom is 0.410 e. The average Bonchev–Trinajstić information content (AvgIpc) is 3.05. The van der Waals surface area contributed by atoms with Crippen LogP contribution in [-0.2, 0) is 9.47 Å². The normalized spacial score (nSPS) is 14.6. The number of piperazine rings is 2. The Morgan fingerprint density at radius 2 is 1.12 bits per heavy atom. The number of hydrogen-bond acceptors (Lipinski definition) is 12. The summed E-state index contributed by atoms with van der Waals surface area (Å²) in [7, 11) is 2.79. The second kappa shape index (κ2) is 18.6. The molecule has 17 heteroatoms. The number of anilines is 1. The van der Waals surface area contributed by atoms with Crippen LogP contribution < -0.4 is 19.7 Å². The summed E-state index contributed by atoms with van der Waals surface area (Å²) in [6.45, 7) is 20.2. The summed E-state index contributed by atoms with van der Waals surface area (Å²) in [6, 6.07) is 6.04. The van der Waals surface area contributed by atoms with Crippen molar-refractivity contribution in [3.8, 4) is 11.5 Å². The van der Waals surface area contributed by atoms with Crippen molar-refractivity contribution in [3.63, 3.8) is 0 Å². The standard InChI is InChI=1S/C17H25N3O5.C9H18N2O2.C8H8ClNO3/c1-12-10-14(20(22)23)15(24-5)11-13(12)18-6-8-19(9-7-18)16(21)25-17(2,3)4;1-9(2,3)13-8(12)11-6-4-10-5-7-11;1-5-3-7(10(11)12)8(13-2)4-6(5)9/h10-11H,6-9H2,1-5H3;10H,4-7H2,1-3H3;3-4H,1-2H3. The third-order valence-corrected chi connectivity index (χ3v) is 7.80. The molecule has 16 nitrogen and oxygen atoms in total. The van der Waals surface area contributed by atoms with Gasteiger partial charge in [0.05, 0.1) is 24.1 Å². The largest absolute Gasteiger partial charge is 0.490 e. The second-order valence-electron chi connectivity index (χ2n) is 13.8. The van der Waals surface area contributed by atoms with E-state index in [1.54, 1.807) is 22.8 Å². The number of aryl methyl sites for hydroxylation is 2. The lowest BCUT2D eigenvalue weighted by atomic mass is 10.1. The van der Waals surface area contributed by atoms with Gasteiger partial charge in [0.15, 0.2) is 11.5 Å². The van der Waals surface area contributed by atoms with E-state index in [-0.39, 0.29) is 40.7 Å². The minimum atomic E-state index is -0.517. The first-order valence-corrected chi connectivity index (χ1v) is 16.8. The van der Waals surface area contributed by atoms with Gasteiger partial charge in [-0.2, -0.15) is 0 Å². The van der Waals surface area contributed by atoms with Gasteiger partial charge in [-0.05, 0) is 66.5 Å². The molecule has 51 heavy (non-hydrogen) atoms. The van der Waals surface area contributed by atoms with Crippen molar-refractivity contribution in [2.75, 3.05) is 71.5 Å². The van der Waals surface area contributed by atoms with E-state index < -0.39 is 15.4 Å². The Bertz CT molecular complexity index is 1530. The molecule has 2 amide bonds. The fourth-order valence-corrected chi connectivity index (χ4v) is 5.05. The van der Waals surface area contributed by atoms with Crippen LogP contribution in [0.3, 0.4) is 0 Å². The van der Waals surface area contributed by atoms with Crippen molar-refractivity contribution in [1.29, 1.82) is 0 Å². The van der Waals surface area contributed by atoms with Crippen molar-refractivity contribution in [3.05, 3.63) is 60.6 Å². The van der Waals surface area contributed by atoms with Crippen LogP contribution in [-0.4, -0.2) is 110 Å². The number of nitrogens with one attached hydrogen (secondary N) is 1. The molecule has 0 aliphatic carbocycles. The maximum absolute atomic E-state index is 12.1. The number of rotatable bonds is 5. The number of benzene rings is 2. The molecule has 2 aliphatic heterocycles. The van der Waals surface area contributed by atoms with E-state index in [9.17, 15) is 29.8 Å². The molecule has 0 radical (unpaired) electrons. The second-order valence-corrected chi connectivity index (χ2v) is 14.2. The van der Waals surface area contributed by atoms with Crippen molar-refractivity contribution in [2.24, 2.45) is 0 Å². The first-order valence-electron chi connectivity index (χ1n) is 16.4. The van der Waals surface area contributed by atoms with Crippen LogP contribution in [0.15, 0.2) is 24.3 Å². The maximum atomic E-state index is 12.1. The first-order chi connectivity index (χ1) is 23.7. The summed E-state index contributed by atoms with van der Waals surface area (Å²) in [5.74, 6) is 0.417. The number of halogens is 1. The van der Waals surface area contributed by atoms with E-state index >= 15 is 0 Å². The van der Waals surface area contributed by atoms with Crippen LogP contribution in [0.2, 0.25) is 5.02 Å². The number of nitro groups is 2. The molecule has 2 saturated heterocycles. The molecule has 0 aromatic heterocycles. The highest BCUT2D eigenvalue weighted by atomic mass is 35.5. The fourth-order valence-electron chi connectivity index (χ4n) is 4.89. The summed E-state index contributed by atoms with van der Waals surface area (Å²) in [5.41, 5.74) is 1.33. The molecule has 0 spiro atoms. The number of carbonyl (C=O) groups is 2. The molecule has 2 heterocycles. The summed E-state index contributed by atoms with van der Waals surface area (Å²) in [4.78, 5) is 49.8. The molecule has 284 valence electrons. The van der Waals surface area contributed by atoms with Crippen LogP contribution in [0.4, 0.5) is 26.7 Å². The third-order valence-electron chi connectivity index (χ3n) is 7.39. The number of carbonyl (C=O) groups excluding carboxylic acids is 2. The van der Waals surface area contributed by atoms with Crippen LogP contribution in [0, 0.1) is 34.1 Å². The van der Waals surface area contributed by atoms with Crippen molar-refractivity contribution in [2.45, 2.75) is 66.6 Å². The number of nitrogens with zero attached hydrogens (tertiary/aromatic N) is 5. The fraction of sp³-hybridized carbons (Fsp3) is 0.588. The zero-order valence-corrected chi connectivity index (χ0v) is 31.9. The number of amides is 2. The number of nitro benzene ring substituents is 2. The predicted molar refractivity (Wildman–Crippen MR) is 194 cm³/mol. The van der Waals surface area contributed by atoms with Crippen LogP contribution in [0.1, 0.15) is 52.7 Å². The number of ether oxygens (including phenoxy) is 4. The predicted octanol–water partition coefficient (Wildman–Crippen LogP) is 6.36. The highest BCUT2D eigenvalue weighted by Crippen LogP contribution is 2.35. The third kappa shape index (κ3) is 13.6. The van der Waals surface area contributed by atoms with Gasteiger partial charge >= 0.3 is 23.6 Å². The summed E-state index contributed by atoms with van der Waals surface area (Å²) < 4.78 is 20.6. The number of hydrogen-bond donors (Lipinski definition) is 1. The molecule has 0 bridgehead atoms. The molecule has 1 N–H and O–H groups in total. The minimum Gasteiger partial charge on any atom is -0.490 e. The Balaban J connectivity index is 0.000000292. The van der Waals surface area contributed by atoms with Crippen molar-refractivity contribution in [1.82, 2.24) is 15.1 Å². The van der Waals surface area contributed by atoms with E-state index in [2.05, 4.69) is 10.2 Å². The highest BCUT2D eigenvalue weighted by molar-refractivity contribution is 6.31. The van der Waals surface area contributed by atoms with Crippen LogP contribution >= 0.6 is 11.6 Å². The van der Waals surface area contributed by atoms with Crippen LogP contribution in [0.5, 0.6) is 11.5 Å². The lowest BCUT2D eigenvalue weighted by Gasteiger charge is -2.37. The molecule has 2 aliphatic rings. The van der Waals surface area contributed by atoms with Crippen LogP contribution in [0.25, 0.3) is 0 Å². The summed E-state index contributed by atoms with van der Waals surface area (Å²) in [6.07, 6.45) is -0.515. The molecular weight excluding hydrogens is 688 g/mol. The Labute approximate surface area is 304 Å². The van der Waals surface area contributed by atoms with Gasteiger partial charge in [-0.3, -0.25) is 20.2 Å². The van der Waals surface area contributed by atoms with Gasteiger partial charge in [-0.1, -0.05) is 11.6 Å². The van der Waals surface area contributed by atoms with Gasteiger partial charge in [0.25, 0.3) is 0 Å². The van der Waals surface area contributed by atoms with Gasteiger partial charge in [-0.15, -0.1) is 0 Å². The average molecular weight is 739 g/mol. The summed E-state index contributed by atoms with van der Waals surface area (Å²) >= 11 is 5.77. The molecule has 2 aromatic rings. The topological polar surface area (TPSA) is 179 Å². The molecule has 2 fully saturated rings. The molecule has 0 saturated carbocycles. The Morgan fingerprint density at radius 1 is 0.706 bits per heavy atom. The molecule has 2 aromatic carbocycles. The SMILES string of the molecule is CC(C)(C)OC(=O)N1CCNCC1.COc1cc(Cl)c(C)cc1[N+](=O)[O-].COc1cc(N2CCN(C(=O)OC(C)(C)C)CC2)c(C)cc1[N+](=O)[O-]. The Kier molecular flexibility index (Phi) is 15.5. The zero-order valence-electron chi connectivity index (χ0n) is 31.2. The van der Waals surface area contributed by atoms with Gasteiger partial charge in [0.1, 0.15) is 11.2 Å². The monoisotopic (exact) mass is 738 g/mol.